The van der Waals surface area contributed by atoms with Crippen molar-refractivity contribution in [2.75, 3.05) is 0 Å². The second kappa shape index (κ2) is 7.20. The molecule has 2 heterocycles. The number of benzene rings is 1. The summed E-state index contributed by atoms with van der Waals surface area (Å²) in [5.41, 5.74) is -0.140. The molecule has 0 aliphatic rings. The minimum atomic E-state index is -0.501. The fourth-order valence-corrected chi connectivity index (χ4v) is 2.74. The molecule has 3 rings (SSSR count). The Morgan fingerprint density at radius 2 is 1.84 bits per heavy atom. The lowest BCUT2D eigenvalue weighted by Gasteiger charge is -2.15. The first-order valence-electron chi connectivity index (χ1n) is 7.43. The van der Waals surface area contributed by atoms with E-state index in [0.29, 0.717) is 5.02 Å². The van der Waals surface area contributed by atoms with Gasteiger partial charge in [-0.2, -0.15) is 4.80 Å². The van der Waals surface area contributed by atoms with Crippen LogP contribution in [0.3, 0.4) is 0 Å². The van der Waals surface area contributed by atoms with E-state index in [1.165, 1.54) is 21.8 Å². The summed E-state index contributed by atoms with van der Waals surface area (Å²) >= 11 is 12.0. The Balaban J connectivity index is 1.95. The number of halogens is 2. The van der Waals surface area contributed by atoms with Crippen LogP contribution in [0.25, 0.3) is 0 Å². The molecular formula is C15H14Cl2N6O2. The van der Waals surface area contributed by atoms with Gasteiger partial charge in [-0.05, 0) is 29.8 Å². The van der Waals surface area contributed by atoms with Crippen molar-refractivity contribution < 1.29 is 0 Å². The van der Waals surface area contributed by atoms with Gasteiger partial charge in [-0.15, -0.1) is 10.2 Å². The van der Waals surface area contributed by atoms with E-state index in [0.717, 1.165) is 10.1 Å². The third-order valence-corrected chi connectivity index (χ3v) is 4.25. The Morgan fingerprint density at radius 1 is 1.12 bits per heavy atom. The van der Waals surface area contributed by atoms with Crippen molar-refractivity contribution >= 4 is 23.2 Å². The smallest absolute Gasteiger partial charge is 0.279 e. The number of hydrogen-bond acceptors (Lipinski definition) is 5. The normalized spacial score (nSPS) is 12.3. The maximum Gasteiger partial charge on any atom is 0.332 e. The lowest BCUT2D eigenvalue weighted by molar-refractivity contribution is 0.361. The zero-order chi connectivity index (χ0) is 18.0. The molecule has 0 unspecified atom stereocenters. The average Bonchev–Trinajstić information content (AvgIpc) is 3.11. The summed E-state index contributed by atoms with van der Waals surface area (Å²) in [6, 6.07) is 7.94. The van der Waals surface area contributed by atoms with Gasteiger partial charge in [-0.25, -0.2) is 4.79 Å². The summed E-state index contributed by atoms with van der Waals surface area (Å²) in [6.45, 7) is 2.11. The molecule has 10 heteroatoms. The first-order valence-corrected chi connectivity index (χ1v) is 8.18. The third kappa shape index (κ3) is 3.80. The molecule has 0 amide bonds. The van der Waals surface area contributed by atoms with Gasteiger partial charge in [0, 0.05) is 11.1 Å². The first-order chi connectivity index (χ1) is 12.0. The van der Waals surface area contributed by atoms with Crippen molar-refractivity contribution in [3.05, 3.63) is 73.2 Å². The van der Waals surface area contributed by atoms with E-state index in [2.05, 4.69) is 15.4 Å². The van der Waals surface area contributed by atoms with E-state index < -0.39 is 11.2 Å². The molecule has 0 aliphatic heterocycles. The summed E-state index contributed by atoms with van der Waals surface area (Å²) < 4.78 is 2.43. The summed E-state index contributed by atoms with van der Waals surface area (Å²) in [6.07, 6.45) is 1.29. The molecule has 1 aromatic carbocycles. The molecular weight excluding hydrogens is 367 g/mol. The van der Waals surface area contributed by atoms with E-state index in [4.69, 9.17) is 23.2 Å². The second-order valence-corrected chi connectivity index (χ2v) is 6.34. The standard InChI is InChI=1S/C15H14Cl2N6O2/c1-10(23-19-9-18-20-23)7-22-14(24)6-13(17)21(15(22)25)8-11-2-4-12(16)5-3-11/h2-6,9-10H,7-8H2,1H3/t10-/m0/s1. The van der Waals surface area contributed by atoms with Crippen molar-refractivity contribution in [1.29, 1.82) is 0 Å². The molecule has 25 heavy (non-hydrogen) atoms. The van der Waals surface area contributed by atoms with Crippen LogP contribution in [-0.4, -0.2) is 29.3 Å². The number of rotatable bonds is 5. The minimum absolute atomic E-state index is 0.0766. The second-order valence-electron chi connectivity index (χ2n) is 5.52. The quantitative estimate of drug-likeness (QED) is 0.627. The van der Waals surface area contributed by atoms with Gasteiger partial charge in [-0.3, -0.25) is 13.9 Å². The largest absolute Gasteiger partial charge is 0.332 e. The van der Waals surface area contributed by atoms with Crippen LogP contribution in [0.4, 0.5) is 0 Å². The zero-order valence-electron chi connectivity index (χ0n) is 13.2. The molecule has 0 bridgehead atoms. The number of hydrogen-bond donors (Lipinski definition) is 0. The Bertz CT molecular complexity index is 979. The summed E-state index contributed by atoms with van der Waals surface area (Å²) in [5.74, 6) is 0. The van der Waals surface area contributed by atoms with Crippen LogP contribution in [0, 0.1) is 0 Å². The Labute approximate surface area is 152 Å². The highest BCUT2D eigenvalue weighted by molar-refractivity contribution is 6.30. The Kier molecular flexibility index (Phi) is 5.00. The van der Waals surface area contributed by atoms with Crippen LogP contribution >= 0.6 is 23.2 Å². The Hall–Kier alpha value is -2.45. The van der Waals surface area contributed by atoms with Crippen molar-refractivity contribution in [1.82, 2.24) is 29.3 Å². The lowest BCUT2D eigenvalue weighted by atomic mass is 10.2. The fourth-order valence-electron chi connectivity index (χ4n) is 2.39. The van der Waals surface area contributed by atoms with Gasteiger partial charge in [0.05, 0.1) is 19.1 Å². The first kappa shape index (κ1) is 17.4. The van der Waals surface area contributed by atoms with Crippen molar-refractivity contribution in [3.63, 3.8) is 0 Å². The third-order valence-electron chi connectivity index (χ3n) is 3.69. The number of aromatic nitrogens is 6. The molecule has 0 radical (unpaired) electrons. The lowest BCUT2D eigenvalue weighted by Crippen LogP contribution is -2.41. The topological polar surface area (TPSA) is 87.6 Å². The summed E-state index contributed by atoms with van der Waals surface area (Å²) in [4.78, 5) is 26.3. The minimum Gasteiger partial charge on any atom is -0.279 e. The summed E-state index contributed by atoms with van der Waals surface area (Å²) in [5, 5.41) is 12.0. The van der Waals surface area contributed by atoms with E-state index in [1.807, 2.05) is 0 Å². The van der Waals surface area contributed by atoms with Crippen LogP contribution in [0.1, 0.15) is 18.5 Å². The van der Waals surface area contributed by atoms with Crippen LogP contribution in [0.15, 0.2) is 46.2 Å². The fraction of sp³-hybridized carbons (Fsp3) is 0.267. The SMILES string of the molecule is C[C@@H](Cn1c(=O)cc(Cl)n(Cc2ccc(Cl)cc2)c1=O)n1ncnn1. The van der Waals surface area contributed by atoms with Crippen LogP contribution in [0.5, 0.6) is 0 Å². The van der Waals surface area contributed by atoms with Gasteiger partial charge in [0.2, 0.25) is 0 Å². The van der Waals surface area contributed by atoms with Gasteiger partial charge < -0.3 is 0 Å². The number of nitrogens with zero attached hydrogens (tertiary/aromatic N) is 6. The Morgan fingerprint density at radius 3 is 2.48 bits per heavy atom. The van der Waals surface area contributed by atoms with E-state index in [9.17, 15) is 9.59 Å². The molecule has 0 saturated carbocycles. The molecule has 1 atom stereocenters. The number of tetrazole rings is 1. The van der Waals surface area contributed by atoms with Crippen molar-refractivity contribution in [2.24, 2.45) is 0 Å². The van der Waals surface area contributed by atoms with Crippen molar-refractivity contribution in [2.45, 2.75) is 26.1 Å². The van der Waals surface area contributed by atoms with Crippen LogP contribution < -0.4 is 11.2 Å². The maximum absolute atomic E-state index is 12.7. The molecule has 8 nitrogen and oxygen atoms in total. The van der Waals surface area contributed by atoms with E-state index in [-0.39, 0.29) is 24.3 Å². The van der Waals surface area contributed by atoms with Gasteiger partial charge in [0.25, 0.3) is 5.56 Å². The predicted octanol–water partition coefficient (Wildman–Crippen LogP) is 1.61. The maximum atomic E-state index is 12.7. The van der Waals surface area contributed by atoms with Crippen LogP contribution in [-0.2, 0) is 13.1 Å². The van der Waals surface area contributed by atoms with Gasteiger partial charge in [0.1, 0.15) is 5.15 Å². The molecule has 3 aromatic rings. The highest BCUT2D eigenvalue weighted by Gasteiger charge is 2.15. The molecule has 0 spiro atoms. The van der Waals surface area contributed by atoms with Crippen LogP contribution in [0.2, 0.25) is 10.2 Å². The van der Waals surface area contributed by atoms with Gasteiger partial charge >= 0.3 is 5.69 Å². The van der Waals surface area contributed by atoms with Gasteiger partial charge in [-0.1, -0.05) is 35.3 Å². The predicted molar refractivity (Wildman–Crippen MR) is 93.1 cm³/mol. The average molecular weight is 381 g/mol. The molecule has 0 fully saturated rings. The van der Waals surface area contributed by atoms with Crippen molar-refractivity contribution in [3.8, 4) is 0 Å². The summed E-state index contributed by atoms with van der Waals surface area (Å²) in [7, 11) is 0. The van der Waals surface area contributed by atoms with Gasteiger partial charge in [0.15, 0.2) is 6.33 Å². The molecule has 0 aliphatic carbocycles. The molecule has 0 saturated heterocycles. The monoisotopic (exact) mass is 380 g/mol. The highest BCUT2D eigenvalue weighted by atomic mass is 35.5. The molecule has 2 aromatic heterocycles. The van der Waals surface area contributed by atoms with E-state index >= 15 is 0 Å². The highest BCUT2D eigenvalue weighted by Crippen LogP contribution is 2.12. The molecule has 0 N–H and O–H groups in total. The molecule has 130 valence electrons. The van der Waals surface area contributed by atoms with E-state index in [1.54, 1.807) is 31.2 Å². The zero-order valence-corrected chi connectivity index (χ0v) is 14.7.